The van der Waals surface area contributed by atoms with Crippen molar-refractivity contribution >= 4 is 0 Å². The number of hydrogen-bond acceptors (Lipinski definition) is 5. The van der Waals surface area contributed by atoms with Crippen molar-refractivity contribution in [3.05, 3.63) is 71.4 Å². The normalized spacial score (nSPS) is 14.3. The van der Waals surface area contributed by atoms with Gasteiger partial charge < -0.3 is 14.6 Å². The molecule has 6 heteroatoms. The van der Waals surface area contributed by atoms with Crippen molar-refractivity contribution in [2.45, 2.75) is 45.4 Å². The Labute approximate surface area is 195 Å². The number of para-hydroxylation sites is 1. The summed E-state index contributed by atoms with van der Waals surface area (Å²) in [7, 11) is 0. The van der Waals surface area contributed by atoms with E-state index in [1.54, 1.807) is 0 Å². The highest BCUT2D eigenvalue weighted by Crippen LogP contribution is 2.35. The molecule has 1 aromatic heterocycles. The first-order valence-corrected chi connectivity index (χ1v) is 11.4. The van der Waals surface area contributed by atoms with Gasteiger partial charge >= 0.3 is 0 Å². The second-order valence-electron chi connectivity index (χ2n) is 8.57. The highest BCUT2D eigenvalue weighted by molar-refractivity contribution is 5.43. The van der Waals surface area contributed by atoms with Crippen LogP contribution in [0.4, 0.5) is 0 Å². The van der Waals surface area contributed by atoms with E-state index in [0.717, 1.165) is 41.1 Å². The highest BCUT2D eigenvalue weighted by Gasteiger charge is 2.32. The zero-order valence-corrected chi connectivity index (χ0v) is 19.3. The first kappa shape index (κ1) is 23.1. The Kier molecular flexibility index (Phi) is 7.46. The van der Waals surface area contributed by atoms with Gasteiger partial charge in [0.1, 0.15) is 12.4 Å². The minimum absolute atomic E-state index is 0.206. The number of ether oxygens (including phenoxy) is 2. The Morgan fingerprint density at radius 2 is 1.97 bits per heavy atom. The average Bonchev–Trinajstić information content (AvgIpc) is 3.61. The lowest BCUT2D eigenvalue weighted by molar-refractivity contribution is 0.0241. The van der Waals surface area contributed by atoms with Gasteiger partial charge in [-0.3, -0.25) is 4.90 Å². The van der Waals surface area contributed by atoms with Crippen LogP contribution in [0.5, 0.6) is 11.6 Å². The summed E-state index contributed by atoms with van der Waals surface area (Å²) in [5.74, 6) is 3.91. The number of rotatable bonds is 11. The van der Waals surface area contributed by atoms with Crippen molar-refractivity contribution in [2.75, 3.05) is 19.8 Å². The average molecular weight is 446 g/mol. The van der Waals surface area contributed by atoms with Crippen molar-refractivity contribution < 1.29 is 14.6 Å². The van der Waals surface area contributed by atoms with E-state index < -0.39 is 6.10 Å². The van der Waals surface area contributed by atoms with Crippen molar-refractivity contribution in [1.82, 2.24) is 14.7 Å². The molecule has 2 aromatic carbocycles. The van der Waals surface area contributed by atoms with Gasteiger partial charge in [-0.05, 0) is 56.5 Å². The maximum Gasteiger partial charge on any atom is 0.227 e. The summed E-state index contributed by atoms with van der Waals surface area (Å²) in [5.41, 5.74) is 4.00. The monoisotopic (exact) mass is 445 g/mol. The Bertz CT molecular complexity index is 1100. The lowest BCUT2D eigenvalue weighted by atomic mass is 10.2. The van der Waals surface area contributed by atoms with Gasteiger partial charge in [0.2, 0.25) is 5.88 Å². The quantitative estimate of drug-likeness (QED) is 0.353. The predicted molar refractivity (Wildman–Crippen MR) is 129 cm³/mol. The molecule has 1 heterocycles. The largest absolute Gasteiger partial charge is 0.439 e. The van der Waals surface area contributed by atoms with Crippen LogP contribution in [0, 0.1) is 26.2 Å². The smallest absolute Gasteiger partial charge is 0.227 e. The van der Waals surface area contributed by atoms with Crippen LogP contribution in [0.15, 0.2) is 54.6 Å². The fourth-order valence-corrected chi connectivity index (χ4v) is 3.92. The van der Waals surface area contributed by atoms with Crippen LogP contribution in [0.25, 0.3) is 5.69 Å². The van der Waals surface area contributed by atoms with E-state index in [9.17, 15) is 5.11 Å². The molecule has 1 aliphatic rings. The third-order valence-electron chi connectivity index (χ3n) is 5.71. The molecular weight excluding hydrogens is 414 g/mol. The molecule has 0 bridgehead atoms. The van der Waals surface area contributed by atoms with Crippen LogP contribution in [0.2, 0.25) is 0 Å². The van der Waals surface area contributed by atoms with Crippen LogP contribution in [-0.4, -0.2) is 51.7 Å². The Morgan fingerprint density at radius 3 is 2.67 bits per heavy atom. The molecule has 0 aliphatic heterocycles. The summed E-state index contributed by atoms with van der Waals surface area (Å²) in [6.07, 6.45) is 6.88. The fourth-order valence-electron chi connectivity index (χ4n) is 3.92. The number of benzene rings is 2. The van der Waals surface area contributed by atoms with Crippen LogP contribution >= 0.6 is 0 Å². The summed E-state index contributed by atoms with van der Waals surface area (Å²) in [6, 6.07) is 18.5. The molecule has 0 unspecified atom stereocenters. The summed E-state index contributed by atoms with van der Waals surface area (Å²) in [4.78, 5) is 2.30. The van der Waals surface area contributed by atoms with E-state index in [1.807, 2.05) is 73.1 Å². The second-order valence-corrected chi connectivity index (χ2v) is 8.57. The zero-order valence-electron chi connectivity index (χ0n) is 19.3. The molecule has 3 aromatic rings. The molecule has 0 radical (unpaired) electrons. The minimum Gasteiger partial charge on any atom is -0.439 e. The highest BCUT2D eigenvalue weighted by atomic mass is 16.5. The van der Waals surface area contributed by atoms with Gasteiger partial charge in [-0.25, -0.2) is 4.68 Å². The third kappa shape index (κ3) is 6.02. The SMILES string of the molecule is C#CCOC[C@@H](O)CN(Cc1c(C)nn(-c2ccccc2)c1Oc1cccc(C)c1)C1CC1. The van der Waals surface area contributed by atoms with Crippen molar-refractivity contribution in [3.63, 3.8) is 0 Å². The Morgan fingerprint density at radius 1 is 1.18 bits per heavy atom. The van der Waals surface area contributed by atoms with Gasteiger partial charge in [-0.15, -0.1) is 6.42 Å². The van der Waals surface area contributed by atoms with E-state index >= 15 is 0 Å². The standard InChI is InChI=1S/C27H31N3O3/c1-4-15-32-19-24(31)17-29(22-13-14-22)18-26-21(3)28-30(23-10-6-5-7-11-23)27(26)33-25-12-8-9-20(2)16-25/h1,5-12,16,22,24,31H,13-15,17-19H2,2-3H3/t24-/m0/s1. The molecule has 172 valence electrons. The van der Waals surface area contributed by atoms with E-state index in [2.05, 4.69) is 10.8 Å². The molecule has 6 nitrogen and oxygen atoms in total. The van der Waals surface area contributed by atoms with Gasteiger partial charge in [-0.2, -0.15) is 5.10 Å². The zero-order chi connectivity index (χ0) is 23.2. The third-order valence-corrected chi connectivity index (χ3v) is 5.71. The molecule has 1 aliphatic carbocycles. The predicted octanol–water partition coefficient (Wildman–Crippen LogP) is 4.26. The lowest BCUT2D eigenvalue weighted by Gasteiger charge is -2.25. The van der Waals surface area contributed by atoms with Gasteiger partial charge in [0, 0.05) is 19.1 Å². The second kappa shape index (κ2) is 10.7. The number of terminal acetylenes is 1. The molecule has 1 atom stereocenters. The molecule has 0 spiro atoms. The number of aliphatic hydroxyl groups excluding tert-OH is 1. The molecular formula is C27H31N3O3. The number of aryl methyl sites for hydroxylation is 2. The molecule has 1 saturated carbocycles. The van der Waals surface area contributed by atoms with Crippen LogP contribution in [-0.2, 0) is 11.3 Å². The topological polar surface area (TPSA) is 59.8 Å². The summed E-state index contributed by atoms with van der Waals surface area (Å²) in [5, 5.41) is 15.3. The van der Waals surface area contributed by atoms with Crippen molar-refractivity contribution in [1.29, 1.82) is 0 Å². The van der Waals surface area contributed by atoms with Gasteiger partial charge in [-0.1, -0.05) is 36.3 Å². The van der Waals surface area contributed by atoms with E-state index in [1.165, 1.54) is 0 Å². The van der Waals surface area contributed by atoms with Gasteiger partial charge in [0.05, 0.1) is 29.7 Å². The maximum atomic E-state index is 10.5. The van der Waals surface area contributed by atoms with Crippen LogP contribution in [0.1, 0.15) is 29.7 Å². The van der Waals surface area contributed by atoms with Gasteiger partial charge in [0.15, 0.2) is 0 Å². The summed E-state index contributed by atoms with van der Waals surface area (Å²) < 4.78 is 13.7. The van der Waals surface area contributed by atoms with Crippen molar-refractivity contribution in [3.8, 4) is 29.7 Å². The number of nitrogens with zero attached hydrogens (tertiary/aromatic N) is 3. The van der Waals surface area contributed by atoms with E-state index in [0.29, 0.717) is 25.0 Å². The number of aliphatic hydroxyl groups is 1. The summed E-state index contributed by atoms with van der Waals surface area (Å²) in [6.45, 7) is 5.63. The van der Waals surface area contributed by atoms with E-state index in [-0.39, 0.29) is 13.2 Å². The van der Waals surface area contributed by atoms with Gasteiger partial charge in [0.25, 0.3) is 0 Å². The Balaban J connectivity index is 1.63. The Hall–Kier alpha value is -3.11. The fraction of sp³-hybridized carbons (Fsp3) is 0.370. The molecule has 4 rings (SSSR count). The first-order chi connectivity index (χ1) is 16.0. The van der Waals surface area contributed by atoms with Crippen molar-refractivity contribution in [2.24, 2.45) is 0 Å². The van der Waals surface area contributed by atoms with E-state index in [4.69, 9.17) is 21.0 Å². The summed E-state index contributed by atoms with van der Waals surface area (Å²) >= 11 is 0. The maximum absolute atomic E-state index is 10.5. The molecule has 0 amide bonds. The molecule has 0 saturated heterocycles. The molecule has 1 fully saturated rings. The number of hydrogen-bond donors (Lipinski definition) is 1. The molecule has 1 N–H and O–H groups in total. The van der Waals surface area contributed by atoms with Crippen LogP contribution < -0.4 is 4.74 Å². The first-order valence-electron chi connectivity index (χ1n) is 11.4. The minimum atomic E-state index is -0.607. The molecule has 33 heavy (non-hydrogen) atoms. The number of aromatic nitrogens is 2. The van der Waals surface area contributed by atoms with Crippen LogP contribution in [0.3, 0.4) is 0 Å². The lowest BCUT2D eigenvalue weighted by Crippen LogP contribution is -2.36.